The predicted molar refractivity (Wildman–Crippen MR) is 41.1 cm³/mol. The van der Waals surface area contributed by atoms with E-state index in [0.717, 1.165) is 7.11 Å². The van der Waals surface area contributed by atoms with Crippen molar-refractivity contribution in [1.82, 2.24) is 4.72 Å². The maximum absolute atomic E-state index is 10.5. The maximum Gasteiger partial charge on any atom is 0.422 e. The lowest BCUT2D eigenvalue weighted by Crippen LogP contribution is -2.32. The number of hydrogen-bond acceptors (Lipinski definition) is 5. The van der Waals surface area contributed by atoms with Crippen molar-refractivity contribution >= 4 is 28.0 Å². The van der Waals surface area contributed by atoms with Gasteiger partial charge in [0.1, 0.15) is 6.61 Å². The molecule has 0 saturated heterocycles. The molecule has 0 aromatic carbocycles. The fourth-order valence-corrected chi connectivity index (χ4v) is 0.728. The molecule has 0 fully saturated rings. The van der Waals surface area contributed by atoms with E-state index in [-0.39, 0.29) is 12.5 Å². The summed E-state index contributed by atoms with van der Waals surface area (Å²) in [4.78, 5) is 10.5. The minimum Gasteiger partial charge on any atom is -0.448 e. The number of halogens is 1. The summed E-state index contributed by atoms with van der Waals surface area (Å²) in [7, 11) is -3.10. The number of carbonyl (C=O) groups is 1. The van der Waals surface area contributed by atoms with Gasteiger partial charge in [0.05, 0.1) is 13.0 Å². The molecule has 0 atom stereocenters. The molecule has 1 N–H and O–H groups in total. The van der Waals surface area contributed by atoms with Gasteiger partial charge in [0.15, 0.2) is 0 Å². The van der Waals surface area contributed by atoms with E-state index in [4.69, 9.17) is 11.6 Å². The lowest BCUT2D eigenvalue weighted by molar-refractivity contribution is 0.158. The second-order valence-electron chi connectivity index (χ2n) is 1.55. The third-order valence-corrected chi connectivity index (χ3v) is 1.75. The molecule has 6 nitrogen and oxygen atoms in total. The zero-order valence-corrected chi connectivity index (χ0v) is 7.81. The first-order chi connectivity index (χ1) is 5.52. The molecule has 0 aliphatic carbocycles. The van der Waals surface area contributed by atoms with Crippen molar-refractivity contribution in [3.8, 4) is 0 Å². The summed E-state index contributed by atoms with van der Waals surface area (Å²) < 4.78 is 30.7. The van der Waals surface area contributed by atoms with E-state index < -0.39 is 16.4 Å². The van der Waals surface area contributed by atoms with Crippen LogP contribution in [-0.4, -0.2) is 34.1 Å². The monoisotopic (exact) mass is 217 g/mol. The number of amides is 1. The van der Waals surface area contributed by atoms with Crippen LogP contribution in [0.2, 0.25) is 0 Å². The molecule has 0 spiro atoms. The van der Waals surface area contributed by atoms with Gasteiger partial charge in [0.25, 0.3) is 0 Å². The molecule has 0 saturated carbocycles. The van der Waals surface area contributed by atoms with Crippen molar-refractivity contribution in [2.45, 2.75) is 0 Å². The van der Waals surface area contributed by atoms with Crippen molar-refractivity contribution in [3.63, 3.8) is 0 Å². The Hall–Kier alpha value is -0.530. The van der Waals surface area contributed by atoms with Crippen LogP contribution in [0.3, 0.4) is 0 Å². The van der Waals surface area contributed by atoms with Gasteiger partial charge in [-0.1, -0.05) is 0 Å². The minimum absolute atomic E-state index is 0.0629. The number of carbonyl (C=O) groups excluding carboxylic acids is 1. The van der Waals surface area contributed by atoms with Crippen molar-refractivity contribution < 1.29 is 22.1 Å². The average Bonchev–Trinajstić information content (AvgIpc) is 2.00. The van der Waals surface area contributed by atoms with Crippen LogP contribution in [0.4, 0.5) is 4.79 Å². The standard InChI is InChI=1S/C4H8ClNO5S/c1-10-12(8,9)6-4(7)11-3-2-5/h2-3H2,1H3,(H,6,7). The van der Waals surface area contributed by atoms with Crippen molar-refractivity contribution in [1.29, 1.82) is 0 Å². The Bertz CT molecular complexity index is 238. The quantitative estimate of drug-likeness (QED) is 0.662. The predicted octanol–water partition coefficient (Wildman–Crippen LogP) is -0.157. The highest BCUT2D eigenvalue weighted by molar-refractivity contribution is 7.85. The lowest BCUT2D eigenvalue weighted by atomic mass is 10.9. The van der Waals surface area contributed by atoms with E-state index in [1.54, 1.807) is 0 Å². The molecule has 8 heteroatoms. The van der Waals surface area contributed by atoms with Gasteiger partial charge >= 0.3 is 16.4 Å². The van der Waals surface area contributed by atoms with Gasteiger partial charge in [0.2, 0.25) is 0 Å². The normalized spacial score (nSPS) is 10.8. The summed E-state index contributed by atoms with van der Waals surface area (Å²) in [5.41, 5.74) is 0. The lowest BCUT2D eigenvalue weighted by Gasteiger charge is -2.03. The first-order valence-electron chi connectivity index (χ1n) is 2.83. The van der Waals surface area contributed by atoms with Crippen molar-refractivity contribution in [3.05, 3.63) is 0 Å². The topological polar surface area (TPSA) is 81.7 Å². The molecule has 1 amide bonds. The van der Waals surface area contributed by atoms with Gasteiger partial charge in [-0.3, -0.25) is 4.18 Å². The fourth-order valence-electron chi connectivity index (χ4n) is 0.304. The first kappa shape index (κ1) is 11.5. The van der Waals surface area contributed by atoms with Gasteiger partial charge in [-0.15, -0.1) is 11.6 Å². The highest BCUT2D eigenvalue weighted by Crippen LogP contribution is 1.86. The Morgan fingerprint density at radius 1 is 1.58 bits per heavy atom. The number of rotatable bonds is 4. The van der Waals surface area contributed by atoms with Crippen LogP contribution in [0.15, 0.2) is 0 Å². The Morgan fingerprint density at radius 3 is 2.58 bits per heavy atom. The highest BCUT2D eigenvalue weighted by Gasteiger charge is 2.13. The van der Waals surface area contributed by atoms with Crippen LogP contribution in [-0.2, 0) is 19.2 Å². The third-order valence-electron chi connectivity index (χ3n) is 0.738. The first-order valence-corrected chi connectivity index (χ1v) is 4.77. The van der Waals surface area contributed by atoms with E-state index in [2.05, 4.69) is 8.92 Å². The molecule has 0 aromatic rings. The maximum atomic E-state index is 10.5. The Labute approximate surface area is 75.0 Å². The Morgan fingerprint density at radius 2 is 2.17 bits per heavy atom. The molecule has 0 heterocycles. The SMILES string of the molecule is COS(=O)(=O)NC(=O)OCCCl. The van der Waals surface area contributed by atoms with E-state index >= 15 is 0 Å². The Balaban J connectivity index is 3.85. The summed E-state index contributed by atoms with van der Waals surface area (Å²) in [5.74, 6) is 0.0977. The number of nitrogens with one attached hydrogen (secondary N) is 1. The van der Waals surface area contributed by atoms with E-state index in [0.29, 0.717) is 0 Å². The second kappa shape index (κ2) is 5.18. The van der Waals surface area contributed by atoms with Gasteiger partial charge < -0.3 is 4.74 Å². The minimum atomic E-state index is -4.02. The van der Waals surface area contributed by atoms with E-state index in [1.165, 1.54) is 4.72 Å². The third kappa shape index (κ3) is 5.16. The van der Waals surface area contributed by atoms with Crippen LogP contribution in [0.5, 0.6) is 0 Å². The van der Waals surface area contributed by atoms with Gasteiger partial charge in [-0.25, -0.2) is 4.79 Å². The smallest absolute Gasteiger partial charge is 0.422 e. The van der Waals surface area contributed by atoms with Crippen LogP contribution in [0.25, 0.3) is 0 Å². The summed E-state index contributed by atoms with van der Waals surface area (Å²) in [6.07, 6.45) is -1.11. The zero-order valence-electron chi connectivity index (χ0n) is 6.24. The number of alkyl halides is 1. The van der Waals surface area contributed by atoms with Crippen molar-refractivity contribution in [2.75, 3.05) is 19.6 Å². The molecule has 0 unspecified atom stereocenters. The van der Waals surface area contributed by atoms with Gasteiger partial charge in [0, 0.05) is 0 Å². The molecule has 12 heavy (non-hydrogen) atoms. The van der Waals surface area contributed by atoms with Gasteiger partial charge in [-0.05, 0) is 0 Å². The van der Waals surface area contributed by atoms with Crippen molar-refractivity contribution in [2.24, 2.45) is 0 Å². The second-order valence-corrected chi connectivity index (χ2v) is 3.37. The molecule has 0 rings (SSSR count). The highest BCUT2D eigenvalue weighted by atomic mass is 35.5. The molecule has 0 radical (unpaired) electrons. The number of hydrogen-bond donors (Lipinski definition) is 1. The summed E-state index contributed by atoms with van der Waals surface area (Å²) in [6, 6.07) is 0. The summed E-state index contributed by atoms with van der Waals surface area (Å²) in [5, 5.41) is 0. The molecule has 72 valence electrons. The molecule has 0 bridgehead atoms. The molecular weight excluding hydrogens is 210 g/mol. The van der Waals surface area contributed by atoms with Crippen LogP contribution in [0.1, 0.15) is 0 Å². The number of ether oxygens (including phenoxy) is 1. The molecular formula is C4H8ClNO5S. The largest absolute Gasteiger partial charge is 0.448 e. The van der Waals surface area contributed by atoms with Crippen LogP contribution in [0, 0.1) is 0 Å². The van der Waals surface area contributed by atoms with Gasteiger partial charge in [-0.2, -0.15) is 13.1 Å². The fraction of sp³-hybridized carbons (Fsp3) is 0.750. The molecule has 0 aromatic heterocycles. The summed E-state index contributed by atoms with van der Waals surface area (Å²) >= 11 is 5.17. The Kier molecular flexibility index (Phi) is 4.95. The molecule has 0 aliphatic heterocycles. The summed E-state index contributed by atoms with van der Waals surface area (Å²) in [6.45, 7) is -0.0629. The van der Waals surface area contributed by atoms with E-state index in [1.807, 2.05) is 0 Å². The van der Waals surface area contributed by atoms with E-state index in [9.17, 15) is 13.2 Å². The van der Waals surface area contributed by atoms with Crippen LogP contribution >= 0.6 is 11.6 Å². The zero-order chi connectivity index (χ0) is 9.61. The average molecular weight is 218 g/mol. The molecule has 0 aliphatic rings. The van der Waals surface area contributed by atoms with Crippen LogP contribution < -0.4 is 4.72 Å².